The molecule has 1 atom stereocenters. The summed E-state index contributed by atoms with van der Waals surface area (Å²) in [5.41, 5.74) is 7.07. The molecule has 1 unspecified atom stereocenters. The molecule has 2 N–H and O–H groups in total. The fourth-order valence-electron chi connectivity index (χ4n) is 1.70. The normalized spacial score (nSPS) is 20.4. The molecule has 0 spiro atoms. The van der Waals surface area contributed by atoms with Gasteiger partial charge >= 0.3 is 0 Å². The Balaban J connectivity index is 2.68. The van der Waals surface area contributed by atoms with Crippen molar-refractivity contribution >= 4 is 11.6 Å². The van der Waals surface area contributed by atoms with E-state index in [0.29, 0.717) is 6.61 Å². The summed E-state index contributed by atoms with van der Waals surface area (Å²) >= 11 is 0. The Morgan fingerprint density at radius 3 is 2.94 bits per heavy atom. The molecule has 1 amide bonds. The molecule has 1 rings (SSSR count). The van der Waals surface area contributed by atoms with Crippen molar-refractivity contribution in [1.29, 1.82) is 0 Å². The van der Waals surface area contributed by atoms with Gasteiger partial charge in [0.05, 0.1) is 12.3 Å². The van der Waals surface area contributed by atoms with Crippen LogP contribution in [0.15, 0.2) is 29.0 Å². The van der Waals surface area contributed by atoms with Crippen molar-refractivity contribution in [3.8, 4) is 0 Å². The van der Waals surface area contributed by atoms with Crippen molar-refractivity contribution < 1.29 is 9.53 Å². The highest BCUT2D eigenvalue weighted by Gasteiger charge is 2.16. The van der Waals surface area contributed by atoms with E-state index in [1.54, 1.807) is 13.2 Å². The first-order chi connectivity index (χ1) is 8.04. The van der Waals surface area contributed by atoms with Gasteiger partial charge in [0.1, 0.15) is 6.17 Å². The lowest BCUT2D eigenvalue weighted by Gasteiger charge is -2.29. The molecule has 17 heavy (non-hydrogen) atoms. The number of hydrogen-bond donors (Lipinski definition) is 1. The van der Waals surface area contributed by atoms with Crippen LogP contribution >= 0.6 is 0 Å². The SMILES string of the molecule is COCC1=NC(C)N(/C=C\CC(N)=O)C(C)=C1. The number of carbonyl (C=O) groups is 1. The van der Waals surface area contributed by atoms with Gasteiger partial charge in [-0.15, -0.1) is 0 Å². The predicted molar refractivity (Wildman–Crippen MR) is 67.3 cm³/mol. The van der Waals surface area contributed by atoms with Crippen LogP contribution in [-0.4, -0.2) is 36.4 Å². The minimum Gasteiger partial charge on any atom is -0.378 e. The van der Waals surface area contributed by atoms with E-state index in [-0.39, 0.29) is 18.5 Å². The third-order valence-corrected chi connectivity index (χ3v) is 2.42. The van der Waals surface area contributed by atoms with Crippen molar-refractivity contribution in [2.24, 2.45) is 10.7 Å². The Morgan fingerprint density at radius 2 is 2.41 bits per heavy atom. The Bertz CT molecular complexity index is 372. The van der Waals surface area contributed by atoms with Crippen LogP contribution in [0.4, 0.5) is 0 Å². The van der Waals surface area contributed by atoms with Crippen molar-refractivity contribution in [2.45, 2.75) is 26.4 Å². The van der Waals surface area contributed by atoms with E-state index in [9.17, 15) is 4.79 Å². The van der Waals surface area contributed by atoms with Gasteiger partial charge < -0.3 is 15.4 Å². The molecule has 1 heterocycles. The second kappa shape index (κ2) is 6.20. The number of ether oxygens (including phenoxy) is 1. The molecule has 0 aromatic carbocycles. The molecule has 0 saturated heterocycles. The Labute approximate surface area is 102 Å². The number of methoxy groups -OCH3 is 1. The van der Waals surface area contributed by atoms with E-state index in [1.165, 1.54) is 0 Å². The molecule has 0 saturated carbocycles. The highest BCUT2D eigenvalue weighted by atomic mass is 16.5. The Kier molecular flexibility index (Phi) is 4.90. The summed E-state index contributed by atoms with van der Waals surface area (Å²) in [5, 5.41) is 0. The first-order valence-corrected chi connectivity index (χ1v) is 5.51. The van der Waals surface area contributed by atoms with Gasteiger partial charge in [-0.1, -0.05) is 6.08 Å². The number of nitrogens with zero attached hydrogens (tertiary/aromatic N) is 2. The van der Waals surface area contributed by atoms with Gasteiger partial charge in [-0.3, -0.25) is 9.79 Å². The van der Waals surface area contributed by atoms with E-state index < -0.39 is 0 Å². The molecule has 0 radical (unpaired) electrons. The first kappa shape index (κ1) is 13.4. The van der Waals surface area contributed by atoms with E-state index in [0.717, 1.165) is 11.4 Å². The fourth-order valence-corrected chi connectivity index (χ4v) is 1.70. The average molecular weight is 237 g/mol. The number of rotatable bonds is 5. The molecule has 0 aliphatic carbocycles. The summed E-state index contributed by atoms with van der Waals surface area (Å²) < 4.78 is 5.05. The Morgan fingerprint density at radius 1 is 1.71 bits per heavy atom. The first-order valence-electron chi connectivity index (χ1n) is 5.51. The van der Waals surface area contributed by atoms with Crippen LogP contribution in [0.25, 0.3) is 0 Å². The molecule has 94 valence electrons. The highest BCUT2D eigenvalue weighted by molar-refractivity contribution is 5.97. The van der Waals surface area contributed by atoms with Crippen molar-refractivity contribution in [2.75, 3.05) is 13.7 Å². The van der Waals surface area contributed by atoms with Crippen LogP contribution in [0.1, 0.15) is 20.3 Å². The van der Waals surface area contributed by atoms with Crippen LogP contribution in [0.2, 0.25) is 0 Å². The molecule has 0 aromatic heterocycles. The van der Waals surface area contributed by atoms with Crippen molar-refractivity contribution in [3.63, 3.8) is 0 Å². The molecule has 0 fully saturated rings. The topological polar surface area (TPSA) is 67.9 Å². The van der Waals surface area contributed by atoms with Gasteiger partial charge in [0.25, 0.3) is 0 Å². The molecule has 0 aromatic rings. The third-order valence-electron chi connectivity index (χ3n) is 2.42. The van der Waals surface area contributed by atoms with E-state index in [4.69, 9.17) is 10.5 Å². The number of amides is 1. The van der Waals surface area contributed by atoms with Gasteiger partial charge in [0.15, 0.2) is 0 Å². The standard InChI is InChI=1S/C12H19N3O2/c1-9-7-11(8-17-3)14-10(2)15(9)6-4-5-12(13)16/h4,6-7,10H,5,8H2,1-3H3,(H2,13,16)/b6-4-. The lowest BCUT2D eigenvalue weighted by molar-refractivity contribution is -0.117. The van der Waals surface area contributed by atoms with Crippen molar-refractivity contribution in [3.05, 3.63) is 24.0 Å². The van der Waals surface area contributed by atoms with Gasteiger partial charge in [-0.25, -0.2) is 0 Å². The number of hydrogen-bond acceptors (Lipinski definition) is 4. The fraction of sp³-hybridized carbons (Fsp3) is 0.500. The lowest BCUT2D eigenvalue weighted by atomic mass is 10.2. The molecule has 1 aliphatic heterocycles. The predicted octanol–water partition coefficient (Wildman–Crippen LogP) is 1.03. The zero-order valence-electron chi connectivity index (χ0n) is 10.5. The molecule has 5 heteroatoms. The maximum atomic E-state index is 10.6. The minimum absolute atomic E-state index is 0.00859. The quantitative estimate of drug-likeness (QED) is 0.776. The second-order valence-corrected chi connectivity index (χ2v) is 3.93. The maximum absolute atomic E-state index is 10.6. The van der Waals surface area contributed by atoms with E-state index >= 15 is 0 Å². The summed E-state index contributed by atoms with van der Waals surface area (Å²) in [6.07, 6.45) is 5.80. The zero-order valence-corrected chi connectivity index (χ0v) is 10.5. The lowest BCUT2D eigenvalue weighted by Crippen LogP contribution is -2.30. The van der Waals surface area contributed by atoms with E-state index in [2.05, 4.69) is 4.99 Å². The maximum Gasteiger partial charge on any atom is 0.221 e. The molecular weight excluding hydrogens is 218 g/mol. The smallest absolute Gasteiger partial charge is 0.221 e. The third kappa shape index (κ3) is 4.03. The van der Waals surface area contributed by atoms with Gasteiger partial charge in [-0.2, -0.15) is 0 Å². The van der Waals surface area contributed by atoms with Crippen molar-refractivity contribution in [1.82, 2.24) is 4.90 Å². The van der Waals surface area contributed by atoms with Crippen LogP contribution < -0.4 is 5.73 Å². The Hall–Kier alpha value is -1.62. The second-order valence-electron chi connectivity index (χ2n) is 3.93. The average Bonchev–Trinajstić information content (AvgIpc) is 2.22. The highest BCUT2D eigenvalue weighted by Crippen LogP contribution is 2.16. The van der Waals surface area contributed by atoms with Crippen LogP contribution in [0, 0.1) is 0 Å². The van der Waals surface area contributed by atoms with Gasteiger partial charge in [0.2, 0.25) is 5.91 Å². The molecule has 0 bridgehead atoms. The largest absolute Gasteiger partial charge is 0.378 e. The number of allylic oxidation sites excluding steroid dienone is 1. The molecular formula is C12H19N3O2. The number of carbonyl (C=O) groups excluding carboxylic acids is 1. The minimum atomic E-state index is -0.337. The van der Waals surface area contributed by atoms with E-state index in [1.807, 2.05) is 31.0 Å². The van der Waals surface area contributed by atoms with Gasteiger partial charge in [-0.05, 0) is 19.9 Å². The zero-order chi connectivity index (χ0) is 12.8. The number of primary amides is 1. The summed E-state index contributed by atoms with van der Waals surface area (Å²) in [6, 6.07) is 0. The van der Waals surface area contributed by atoms with Crippen LogP contribution in [0.3, 0.4) is 0 Å². The monoisotopic (exact) mass is 237 g/mol. The van der Waals surface area contributed by atoms with Gasteiger partial charge in [0, 0.05) is 25.4 Å². The summed E-state index contributed by atoms with van der Waals surface area (Å²) in [6.45, 7) is 4.50. The summed E-state index contributed by atoms with van der Waals surface area (Å²) in [4.78, 5) is 17.1. The number of aliphatic imine (C=N–C) groups is 1. The van der Waals surface area contributed by atoms with Crippen LogP contribution in [0.5, 0.6) is 0 Å². The summed E-state index contributed by atoms with van der Waals surface area (Å²) in [5.74, 6) is -0.337. The van der Waals surface area contributed by atoms with Crippen LogP contribution in [-0.2, 0) is 9.53 Å². The number of nitrogens with two attached hydrogens (primary N) is 1. The molecule has 1 aliphatic rings. The molecule has 5 nitrogen and oxygen atoms in total. The summed E-state index contributed by atoms with van der Waals surface area (Å²) in [7, 11) is 1.65.